The molecule has 3 aromatic rings. The van der Waals surface area contributed by atoms with Crippen molar-refractivity contribution in [3.05, 3.63) is 65.7 Å². The number of halogens is 3. The van der Waals surface area contributed by atoms with E-state index < -0.39 is 52.6 Å². The van der Waals surface area contributed by atoms with Crippen molar-refractivity contribution in [3.63, 3.8) is 0 Å². The first-order valence-corrected chi connectivity index (χ1v) is 13.5. The van der Waals surface area contributed by atoms with Crippen molar-refractivity contribution in [1.29, 1.82) is 5.26 Å². The number of ether oxygens (including phenoxy) is 2. The van der Waals surface area contributed by atoms with Gasteiger partial charge in [0.1, 0.15) is 23.6 Å². The van der Waals surface area contributed by atoms with Gasteiger partial charge in [-0.1, -0.05) is 17.3 Å². The molecule has 220 valence electrons. The zero-order valence-corrected chi connectivity index (χ0v) is 23.2. The summed E-state index contributed by atoms with van der Waals surface area (Å²) in [6.07, 6.45) is 0.591. The van der Waals surface area contributed by atoms with Crippen molar-refractivity contribution in [1.82, 2.24) is 19.9 Å². The van der Waals surface area contributed by atoms with Crippen molar-refractivity contribution in [2.75, 3.05) is 24.5 Å². The average molecular weight is 583 g/mol. The van der Waals surface area contributed by atoms with Crippen LogP contribution in [0, 0.1) is 40.6 Å². The van der Waals surface area contributed by atoms with Crippen molar-refractivity contribution in [2.45, 2.75) is 50.8 Å². The van der Waals surface area contributed by atoms with Crippen LogP contribution in [-0.4, -0.2) is 68.8 Å². The molecule has 1 N–H and O–H groups in total. The molecule has 3 fully saturated rings. The molecular formula is C29H29F3N6O4. The lowest BCUT2D eigenvalue weighted by Crippen LogP contribution is -2.43. The predicted octanol–water partition coefficient (Wildman–Crippen LogP) is 3.80. The number of likely N-dealkylation sites (tertiary alicyclic amines) is 1. The van der Waals surface area contributed by atoms with Crippen LogP contribution in [-0.2, 0) is 21.4 Å². The Morgan fingerprint density at radius 3 is 2.40 bits per heavy atom. The molecule has 13 heteroatoms. The fourth-order valence-electron chi connectivity index (χ4n) is 6.22. The molecule has 1 aliphatic carbocycles. The van der Waals surface area contributed by atoms with Crippen molar-refractivity contribution in [2.24, 2.45) is 11.8 Å². The standard InChI is InChI=1S/C29H29F3N6O4/c1-28(2,3)42-26(39)36-13-20-21(14-36)29(20,15-33)19-5-4-16(8-22(19)30)25-23(31)9-17(10-24(25)32)38-12-18(41-27(38)40)11-37-7-6-34-35-37/h4-10,18,20-21,26,39H,11-14H2,1-3H3/t18-,20-,21+,26?,29?/m0/s1. The molecular weight excluding hydrogens is 553 g/mol. The maximum absolute atomic E-state index is 15.5. The van der Waals surface area contributed by atoms with E-state index in [1.807, 2.05) is 20.8 Å². The van der Waals surface area contributed by atoms with Gasteiger partial charge in [0.05, 0.1) is 47.6 Å². The fourth-order valence-corrected chi connectivity index (χ4v) is 6.22. The van der Waals surface area contributed by atoms with Gasteiger partial charge in [-0.2, -0.15) is 5.26 Å². The predicted molar refractivity (Wildman–Crippen MR) is 142 cm³/mol. The molecule has 0 spiro atoms. The van der Waals surface area contributed by atoms with Gasteiger partial charge < -0.3 is 14.6 Å². The number of aliphatic hydroxyl groups excluding tert-OH is 1. The Morgan fingerprint density at radius 1 is 1.14 bits per heavy atom. The maximum atomic E-state index is 15.5. The summed E-state index contributed by atoms with van der Waals surface area (Å²) in [5.41, 5.74) is -2.03. The SMILES string of the molecule is CC(C)(C)OC(O)N1C[C@@H]2[C@H](C1)C2(C#N)c1ccc(-c2c(F)cc(N3C[C@H](Cn4ccnn4)OC3=O)cc2F)cc1F. The van der Waals surface area contributed by atoms with E-state index in [0.717, 1.165) is 23.1 Å². The molecule has 2 aromatic carbocycles. The summed E-state index contributed by atoms with van der Waals surface area (Å²) in [5.74, 6) is -3.15. The van der Waals surface area contributed by atoms with Crippen LogP contribution in [0.15, 0.2) is 42.7 Å². The topological polar surface area (TPSA) is 117 Å². The van der Waals surface area contributed by atoms with Gasteiger partial charge in [0.25, 0.3) is 0 Å². The number of carbonyl (C=O) groups excluding carboxylic acids is 1. The van der Waals surface area contributed by atoms with Crippen LogP contribution in [0.1, 0.15) is 26.3 Å². The monoisotopic (exact) mass is 582 g/mol. The van der Waals surface area contributed by atoms with Crippen LogP contribution in [0.25, 0.3) is 11.1 Å². The lowest BCUT2D eigenvalue weighted by molar-refractivity contribution is -0.236. The highest BCUT2D eigenvalue weighted by Gasteiger charge is 2.71. The minimum atomic E-state index is -1.14. The van der Waals surface area contributed by atoms with Crippen LogP contribution in [0.4, 0.5) is 23.7 Å². The van der Waals surface area contributed by atoms with Gasteiger partial charge in [-0.05, 0) is 44.5 Å². The van der Waals surface area contributed by atoms with Crippen LogP contribution in [0.3, 0.4) is 0 Å². The lowest BCUT2D eigenvalue weighted by atomic mass is 9.89. The molecule has 3 aliphatic rings. The van der Waals surface area contributed by atoms with Gasteiger partial charge in [-0.25, -0.2) is 22.6 Å². The fraction of sp³-hybridized carbons (Fsp3) is 0.448. The smallest absolute Gasteiger partial charge is 0.414 e. The first-order chi connectivity index (χ1) is 19.9. The molecule has 1 aromatic heterocycles. The summed E-state index contributed by atoms with van der Waals surface area (Å²) in [6, 6.07) is 8.09. The Balaban J connectivity index is 1.19. The molecule has 42 heavy (non-hydrogen) atoms. The van der Waals surface area contributed by atoms with Gasteiger partial charge in [0, 0.05) is 36.7 Å². The van der Waals surface area contributed by atoms with Gasteiger partial charge in [-0.15, -0.1) is 5.10 Å². The number of nitrogens with zero attached hydrogens (tertiary/aromatic N) is 6. The third-order valence-corrected chi connectivity index (χ3v) is 8.14. The van der Waals surface area contributed by atoms with E-state index in [2.05, 4.69) is 16.4 Å². The first kappa shape index (κ1) is 28.1. The van der Waals surface area contributed by atoms with Gasteiger partial charge >= 0.3 is 6.09 Å². The second kappa shape index (κ2) is 10.1. The largest absolute Gasteiger partial charge is 0.442 e. The molecule has 0 bridgehead atoms. The number of aliphatic hydroxyl groups is 1. The normalized spacial score (nSPS) is 26.2. The maximum Gasteiger partial charge on any atom is 0.414 e. The van der Waals surface area contributed by atoms with Crippen molar-refractivity contribution >= 4 is 11.8 Å². The Bertz CT molecular complexity index is 1540. The number of rotatable bonds is 7. The Kier molecular flexibility index (Phi) is 6.75. The summed E-state index contributed by atoms with van der Waals surface area (Å²) in [6.45, 7) is 6.43. The number of fused-ring (bicyclic) bond motifs is 1. The second-order valence-electron chi connectivity index (χ2n) is 11.9. The highest BCUT2D eigenvalue weighted by Crippen LogP contribution is 2.64. The van der Waals surface area contributed by atoms with Crippen LogP contribution < -0.4 is 4.90 Å². The molecule has 2 aliphatic heterocycles. The van der Waals surface area contributed by atoms with Gasteiger partial charge in [-0.3, -0.25) is 9.80 Å². The molecule has 3 heterocycles. The number of cyclic esters (lactones) is 1. The zero-order chi connectivity index (χ0) is 30.0. The molecule has 6 rings (SSSR count). The summed E-state index contributed by atoms with van der Waals surface area (Å²) >= 11 is 0. The van der Waals surface area contributed by atoms with E-state index in [9.17, 15) is 15.2 Å². The second-order valence-corrected chi connectivity index (χ2v) is 11.9. The average Bonchev–Trinajstić information content (AvgIpc) is 3.41. The number of anilines is 1. The third-order valence-electron chi connectivity index (χ3n) is 8.14. The van der Waals surface area contributed by atoms with E-state index in [-0.39, 0.29) is 41.7 Å². The quantitative estimate of drug-likeness (QED) is 0.419. The third kappa shape index (κ3) is 4.79. The van der Waals surface area contributed by atoms with Crippen molar-refractivity contribution < 1.29 is 32.5 Å². The van der Waals surface area contributed by atoms with E-state index in [0.29, 0.717) is 13.1 Å². The number of hydrogen-bond acceptors (Lipinski definition) is 8. The van der Waals surface area contributed by atoms with E-state index >= 15 is 13.2 Å². The summed E-state index contributed by atoms with van der Waals surface area (Å²) < 4.78 is 58.5. The number of benzene rings is 2. The van der Waals surface area contributed by atoms with Gasteiger partial charge in [0.2, 0.25) is 6.41 Å². The highest BCUT2D eigenvalue weighted by molar-refractivity contribution is 5.90. The molecule has 2 saturated heterocycles. The summed E-state index contributed by atoms with van der Waals surface area (Å²) in [7, 11) is 0. The number of piperidine rings is 1. The summed E-state index contributed by atoms with van der Waals surface area (Å²) in [4.78, 5) is 15.2. The molecule has 2 unspecified atom stereocenters. The van der Waals surface area contributed by atoms with E-state index in [4.69, 9.17) is 9.47 Å². The Labute approximate surface area is 239 Å². The van der Waals surface area contributed by atoms with E-state index in [1.165, 1.54) is 23.0 Å². The lowest BCUT2D eigenvalue weighted by Gasteiger charge is -2.32. The van der Waals surface area contributed by atoms with Crippen LogP contribution in [0.2, 0.25) is 0 Å². The Hall–Kier alpha value is -3.99. The molecule has 1 amide bonds. The minimum absolute atomic E-state index is 0.0339. The number of hydrogen-bond donors (Lipinski definition) is 1. The molecule has 5 atom stereocenters. The molecule has 10 nitrogen and oxygen atoms in total. The Morgan fingerprint density at radius 2 is 1.83 bits per heavy atom. The van der Waals surface area contributed by atoms with Crippen LogP contribution >= 0.6 is 0 Å². The minimum Gasteiger partial charge on any atom is -0.442 e. The first-order valence-electron chi connectivity index (χ1n) is 13.5. The van der Waals surface area contributed by atoms with Crippen LogP contribution in [0.5, 0.6) is 0 Å². The number of aromatic nitrogens is 3. The molecule has 0 radical (unpaired) electrons. The van der Waals surface area contributed by atoms with Gasteiger partial charge in [0.15, 0.2) is 0 Å². The van der Waals surface area contributed by atoms with E-state index in [1.54, 1.807) is 11.1 Å². The zero-order valence-electron chi connectivity index (χ0n) is 23.2. The molecule has 1 saturated carbocycles. The van der Waals surface area contributed by atoms with Crippen molar-refractivity contribution in [3.8, 4) is 17.2 Å². The number of carbonyl (C=O) groups is 1. The number of nitriles is 1. The highest BCUT2D eigenvalue weighted by atomic mass is 19.1. The summed E-state index contributed by atoms with van der Waals surface area (Å²) in [5, 5.41) is 28.0. The number of amides is 1.